The lowest BCUT2D eigenvalue weighted by Gasteiger charge is -2.27. The van der Waals surface area contributed by atoms with Crippen LogP contribution in [0.4, 0.5) is 0 Å². The van der Waals surface area contributed by atoms with E-state index in [0.29, 0.717) is 6.10 Å². The fourth-order valence-corrected chi connectivity index (χ4v) is 2.82. The maximum absolute atomic E-state index is 5.82. The summed E-state index contributed by atoms with van der Waals surface area (Å²) in [5.74, 6) is 1.11. The molecule has 1 fully saturated rings. The molecule has 0 radical (unpaired) electrons. The van der Waals surface area contributed by atoms with Crippen LogP contribution in [-0.2, 0) is 12.8 Å². The molecule has 0 spiro atoms. The lowest BCUT2D eigenvalue weighted by atomic mass is 10.1. The quantitative estimate of drug-likeness (QED) is 0.874. The lowest BCUT2D eigenvalue weighted by Crippen LogP contribution is -2.44. The topological polar surface area (TPSA) is 24.5 Å². The normalized spacial score (nSPS) is 23.7. The minimum absolute atomic E-state index is 0.350. The zero-order valence-electron chi connectivity index (χ0n) is 11.1. The van der Waals surface area contributed by atoms with Gasteiger partial charge in [0.25, 0.3) is 0 Å². The standard InChI is InChI=1S/C15H22N2O/c1-12-10-14-3-2-13(11-15(14)18-12)4-7-17-8-5-16-6-9-17/h2-3,11-12,16H,4-10H2,1H3. The van der Waals surface area contributed by atoms with Crippen molar-refractivity contribution in [2.75, 3.05) is 32.7 Å². The summed E-state index contributed by atoms with van der Waals surface area (Å²) >= 11 is 0. The van der Waals surface area contributed by atoms with Crippen molar-refractivity contribution in [3.63, 3.8) is 0 Å². The van der Waals surface area contributed by atoms with E-state index in [1.807, 2.05) is 0 Å². The molecule has 0 aliphatic carbocycles. The van der Waals surface area contributed by atoms with Gasteiger partial charge in [-0.1, -0.05) is 12.1 Å². The Hall–Kier alpha value is -1.06. The third kappa shape index (κ3) is 2.68. The van der Waals surface area contributed by atoms with Crippen molar-refractivity contribution in [2.45, 2.75) is 25.9 Å². The SMILES string of the molecule is CC1Cc2ccc(CCN3CCNCC3)cc2O1. The summed E-state index contributed by atoms with van der Waals surface area (Å²) in [6.07, 6.45) is 2.54. The highest BCUT2D eigenvalue weighted by atomic mass is 16.5. The van der Waals surface area contributed by atoms with Crippen molar-refractivity contribution >= 4 is 0 Å². The van der Waals surface area contributed by atoms with Gasteiger partial charge in [-0.05, 0) is 30.5 Å². The number of hydrogen-bond donors (Lipinski definition) is 1. The van der Waals surface area contributed by atoms with E-state index in [2.05, 4.69) is 35.3 Å². The average molecular weight is 246 g/mol. The fraction of sp³-hybridized carbons (Fsp3) is 0.600. The zero-order valence-corrected chi connectivity index (χ0v) is 11.1. The van der Waals surface area contributed by atoms with Gasteiger partial charge in [0.2, 0.25) is 0 Å². The Balaban J connectivity index is 1.58. The summed E-state index contributed by atoms with van der Waals surface area (Å²) in [6.45, 7) is 7.92. The second-order valence-electron chi connectivity index (χ2n) is 5.42. The summed E-state index contributed by atoms with van der Waals surface area (Å²) in [7, 11) is 0. The van der Waals surface area contributed by atoms with Crippen LogP contribution in [0.25, 0.3) is 0 Å². The molecular weight excluding hydrogens is 224 g/mol. The highest BCUT2D eigenvalue weighted by Gasteiger charge is 2.19. The van der Waals surface area contributed by atoms with Gasteiger partial charge in [-0.25, -0.2) is 0 Å². The largest absolute Gasteiger partial charge is 0.490 e. The van der Waals surface area contributed by atoms with Crippen LogP contribution in [-0.4, -0.2) is 43.7 Å². The minimum atomic E-state index is 0.350. The van der Waals surface area contributed by atoms with Gasteiger partial charge in [-0.2, -0.15) is 0 Å². The number of nitrogens with zero attached hydrogens (tertiary/aromatic N) is 1. The molecule has 2 heterocycles. The molecule has 1 aromatic rings. The van der Waals surface area contributed by atoms with Gasteiger partial charge in [-0.15, -0.1) is 0 Å². The minimum Gasteiger partial charge on any atom is -0.490 e. The Labute approximate surface area is 109 Å². The molecule has 1 unspecified atom stereocenters. The van der Waals surface area contributed by atoms with Gasteiger partial charge in [0.05, 0.1) is 0 Å². The molecule has 1 N–H and O–H groups in total. The highest BCUT2D eigenvalue weighted by Crippen LogP contribution is 2.29. The number of rotatable bonds is 3. The van der Waals surface area contributed by atoms with Crippen molar-refractivity contribution in [1.29, 1.82) is 0 Å². The number of hydrogen-bond acceptors (Lipinski definition) is 3. The number of piperazine rings is 1. The van der Waals surface area contributed by atoms with E-state index in [9.17, 15) is 0 Å². The van der Waals surface area contributed by atoms with Gasteiger partial charge in [-0.3, -0.25) is 0 Å². The van der Waals surface area contributed by atoms with Gasteiger partial charge in [0.1, 0.15) is 11.9 Å². The molecule has 3 nitrogen and oxygen atoms in total. The molecule has 1 atom stereocenters. The molecule has 18 heavy (non-hydrogen) atoms. The molecule has 0 saturated carbocycles. The van der Waals surface area contributed by atoms with Crippen LogP contribution in [0.3, 0.4) is 0 Å². The zero-order chi connectivity index (χ0) is 12.4. The van der Waals surface area contributed by atoms with E-state index < -0.39 is 0 Å². The second kappa shape index (κ2) is 5.29. The second-order valence-corrected chi connectivity index (χ2v) is 5.42. The van der Waals surface area contributed by atoms with E-state index >= 15 is 0 Å². The van der Waals surface area contributed by atoms with Crippen molar-refractivity contribution in [3.05, 3.63) is 29.3 Å². The van der Waals surface area contributed by atoms with Crippen LogP contribution in [0.5, 0.6) is 5.75 Å². The molecule has 3 heteroatoms. The molecular formula is C15H22N2O. The first-order valence-corrected chi connectivity index (χ1v) is 7.03. The Morgan fingerprint density at radius 3 is 3.00 bits per heavy atom. The van der Waals surface area contributed by atoms with Crippen LogP contribution in [0, 0.1) is 0 Å². The number of ether oxygens (including phenoxy) is 1. The van der Waals surface area contributed by atoms with Crippen molar-refractivity contribution in [3.8, 4) is 5.75 Å². The first-order valence-electron chi connectivity index (χ1n) is 7.03. The van der Waals surface area contributed by atoms with Crippen LogP contribution >= 0.6 is 0 Å². The molecule has 1 saturated heterocycles. The van der Waals surface area contributed by atoms with E-state index in [-0.39, 0.29) is 0 Å². The maximum Gasteiger partial charge on any atom is 0.123 e. The number of fused-ring (bicyclic) bond motifs is 1. The Kier molecular flexibility index (Phi) is 3.52. The Morgan fingerprint density at radius 1 is 1.33 bits per heavy atom. The molecule has 1 aromatic carbocycles. The summed E-state index contributed by atoms with van der Waals surface area (Å²) in [5.41, 5.74) is 2.77. The summed E-state index contributed by atoms with van der Waals surface area (Å²) < 4.78 is 5.82. The highest BCUT2D eigenvalue weighted by molar-refractivity contribution is 5.40. The van der Waals surface area contributed by atoms with E-state index in [4.69, 9.17) is 4.74 Å². The lowest BCUT2D eigenvalue weighted by molar-refractivity contribution is 0.243. The number of nitrogens with one attached hydrogen (secondary N) is 1. The maximum atomic E-state index is 5.82. The van der Waals surface area contributed by atoms with E-state index in [1.165, 1.54) is 24.2 Å². The fourth-order valence-electron chi connectivity index (χ4n) is 2.82. The van der Waals surface area contributed by atoms with Gasteiger partial charge < -0.3 is 15.0 Å². The predicted molar refractivity (Wildman–Crippen MR) is 73.2 cm³/mol. The van der Waals surface area contributed by atoms with Crippen molar-refractivity contribution < 1.29 is 4.74 Å². The van der Waals surface area contributed by atoms with Crippen LogP contribution < -0.4 is 10.1 Å². The number of benzene rings is 1. The van der Waals surface area contributed by atoms with Gasteiger partial charge in [0, 0.05) is 39.1 Å². The third-order valence-electron chi connectivity index (χ3n) is 3.89. The molecule has 0 bridgehead atoms. The van der Waals surface area contributed by atoms with Crippen LogP contribution in [0.2, 0.25) is 0 Å². The first kappa shape index (κ1) is 12.0. The van der Waals surface area contributed by atoms with Crippen molar-refractivity contribution in [1.82, 2.24) is 10.2 Å². The molecule has 2 aliphatic heterocycles. The van der Waals surface area contributed by atoms with Crippen LogP contribution in [0.1, 0.15) is 18.1 Å². The monoisotopic (exact) mass is 246 g/mol. The average Bonchev–Trinajstić information content (AvgIpc) is 2.77. The Morgan fingerprint density at radius 2 is 2.17 bits per heavy atom. The molecule has 2 aliphatic rings. The van der Waals surface area contributed by atoms with E-state index in [0.717, 1.165) is 38.2 Å². The molecule has 98 valence electrons. The smallest absolute Gasteiger partial charge is 0.123 e. The summed E-state index contributed by atoms with van der Waals surface area (Å²) in [4.78, 5) is 2.53. The van der Waals surface area contributed by atoms with Gasteiger partial charge >= 0.3 is 0 Å². The van der Waals surface area contributed by atoms with Crippen molar-refractivity contribution in [2.24, 2.45) is 0 Å². The Bertz CT molecular complexity index is 413. The van der Waals surface area contributed by atoms with Gasteiger partial charge in [0.15, 0.2) is 0 Å². The summed E-state index contributed by atoms with van der Waals surface area (Å²) in [6, 6.07) is 6.75. The molecule has 0 aromatic heterocycles. The van der Waals surface area contributed by atoms with Crippen LogP contribution in [0.15, 0.2) is 18.2 Å². The molecule has 0 amide bonds. The summed E-state index contributed by atoms with van der Waals surface area (Å²) in [5, 5.41) is 3.39. The first-order chi connectivity index (χ1) is 8.81. The third-order valence-corrected chi connectivity index (χ3v) is 3.89. The van der Waals surface area contributed by atoms with E-state index in [1.54, 1.807) is 0 Å². The molecule has 3 rings (SSSR count). The predicted octanol–water partition coefficient (Wildman–Crippen LogP) is 1.46.